The first-order valence-electron chi connectivity index (χ1n) is 6.57. The minimum absolute atomic E-state index is 0.00584. The Hall–Kier alpha value is -1.73. The van der Waals surface area contributed by atoms with E-state index in [4.69, 9.17) is 5.11 Å². The normalized spacial score (nSPS) is 12.9. The van der Waals surface area contributed by atoms with Crippen LogP contribution in [-0.4, -0.2) is 31.3 Å². The largest absolute Gasteiger partial charge is 0.481 e. The number of nitrogens with one attached hydrogen (secondary N) is 1. The molecule has 7 heteroatoms. The van der Waals surface area contributed by atoms with Crippen molar-refractivity contribution in [2.24, 2.45) is 0 Å². The molecule has 0 fully saturated rings. The number of hydrogen-bond donors (Lipinski definition) is 2. The Balaban J connectivity index is 2.75. The number of hydrogen-bond acceptors (Lipinski definition) is 4. The van der Waals surface area contributed by atoms with E-state index in [1.807, 2.05) is 0 Å². The van der Waals surface area contributed by atoms with E-state index in [2.05, 4.69) is 4.72 Å². The molecule has 116 valence electrons. The van der Waals surface area contributed by atoms with Gasteiger partial charge in [-0.3, -0.25) is 9.59 Å². The van der Waals surface area contributed by atoms with Gasteiger partial charge in [0, 0.05) is 18.0 Å². The lowest BCUT2D eigenvalue weighted by Gasteiger charge is -2.14. The number of ketones is 1. The summed E-state index contributed by atoms with van der Waals surface area (Å²) in [5.74, 6) is -1.11. The number of rotatable bonds is 8. The van der Waals surface area contributed by atoms with Gasteiger partial charge in [0.25, 0.3) is 0 Å². The fraction of sp³-hybridized carbons (Fsp3) is 0.429. The molecule has 0 amide bonds. The monoisotopic (exact) mass is 313 g/mol. The number of Topliss-reactive ketones (excluding diaryl/α,β-unsaturated/α-hetero) is 1. The van der Waals surface area contributed by atoms with E-state index in [9.17, 15) is 18.0 Å². The molecule has 0 aromatic heterocycles. The van der Waals surface area contributed by atoms with Gasteiger partial charge in [-0.25, -0.2) is 13.1 Å². The summed E-state index contributed by atoms with van der Waals surface area (Å²) < 4.78 is 26.8. The van der Waals surface area contributed by atoms with E-state index >= 15 is 0 Å². The Morgan fingerprint density at radius 3 is 2.57 bits per heavy atom. The second kappa shape index (κ2) is 7.33. The maximum Gasteiger partial charge on any atom is 0.303 e. The lowest BCUT2D eigenvalue weighted by Crippen LogP contribution is -2.32. The van der Waals surface area contributed by atoms with Gasteiger partial charge >= 0.3 is 5.97 Å². The van der Waals surface area contributed by atoms with Gasteiger partial charge in [0.1, 0.15) is 0 Å². The molecule has 0 heterocycles. The van der Waals surface area contributed by atoms with Crippen LogP contribution in [0.3, 0.4) is 0 Å². The predicted molar refractivity (Wildman–Crippen MR) is 77.7 cm³/mol. The van der Waals surface area contributed by atoms with E-state index in [1.165, 1.54) is 25.1 Å². The molecule has 0 aliphatic carbocycles. The molecule has 6 nitrogen and oxygen atoms in total. The molecule has 0 radical (unpaired) electrons. The first-order chi connectivity index (χ1) is 9.72. The van der Waals surface area contributed by atoms with Crippen LogP contribution in [0.15, 0.2) is 29.2 Å². The lowest BCUT2D eigenvalue weighted by atomic mass is 10.1. The topological polar surface area (TPSA) is 101 Å². The summed E-state index contributed by atoms with van der Waals surface area (Å²) in [6.07, 6.45) is 0.830. The molecule has 1 aromatic carbocycles. The second-order valence-electron chi connectivity index (χ2n) is 4.89. The van der Waals surface area contributed by atoms with Gasteiger partial charge in [-0.15, -0.1) is 0 Å². The van der Waals surface area contributed by atoms with Crippen molar-refractivity contribution in [3.05, 3.63) is 29.8 Å². The van der Waals surface area contributed by atoms with Crippen LogP contribution in [0.5, 0.6) is 0 Å². The summed E-state index contributed by atoms with van der Waals surface area (Å²) in [5.41, 5.74) is 0.330. The second-order valence-corrected chi connectivity index (χ2v) is 6.61. The maximum atomic E-state index is 12.2. The van der Waals surface area contributed by atoms with Crippen molar-refractivity contribution in [3.63, 3.8) is 0 Å². The van der Waals surface area contributed by atoms with Crippen LogP contribution in [0.1, 0.15) is 43.5 Å². The quantitative estimate of drug-likeness (QED) is 0.713. The van der Waals surface area contributed by atoms with Gasteiger partial charge < -0.3 is 5.11 Å². The molecule has 0 aliphatic heterocycles. The van der Waals surface area contributed by atoms with E-state index in [-0.39, 0.29) is 23.1 Å². The van der Waals surface area contributed by atoms with Crippen LogP contribution in [0.25, 0.3) is 0 Å². The highest BCUT2D eigenvalue weighted by atomic mass is 32.2. The van der Waals surface area contributed by atoms with Crippen LogP contribution in [0, 0.1) is 0 Å². The number of aliphatic carboxylic acids is 1. The molecule has 0 bridgehead atoms. The van der Waals surface area contributed by atoms with Crippen LogP contribution < -0.4 is 4.72 Å². The Kier molecular flexibility index (Phi) is 6.04. The molecule has 0 spiro atoms. The van der Waals surface area contributed by atoms with Gasteiger partial charge in [-0.2, -0.15) is 0 Å². The molecule has 1 unspecified atom stereocenters. The molecule has 0 saturated carbocycles. The zero-order chi connectivity index (χ0) is 16.0. The summed E-state index contributed by atoms with van der Waals surface area (Å²) in [4.78, 5) is 21.7. The number of carboxylic acids is 1. The van der Waals surface area contributed by atoms with E-state index in [1.54, 1.807) is 13.0 Å². The third-order valence-electron chi connectivity index (χ3n) is 2.93. The molecule has 1 aromatic rings. The average molecular weight is 313 g/mol. The van der Waals surface area contributed by atoms with Crippen molar-refractivity contribution in [3.8, 4) is 0 Å². The Labute approximate surface area is 124 Å². The van der Waals surface area contributed by atoms with E-state index in [0.717, 1.165) is 0 Å². The third-order valence-corrected chi connectivity index (χ3v) is 4.52. The maximum absolute atomic E-state index is 12.2. The van der Waals surface area contributed by atoms with Crippen molar-refractivity contribution in [1.29, 1.82) is 0 Å². The first-order valence-corrected chi connectivity index (χ1v) is 8.06. The number of carbonyl (C=O) groups excluding carboxylic acids is 1. The van der Waals surface area contributed by atoms with Gasteiger partial charge in [0.15, 0.2) is 5.78 Å². The van der Waals surface area contributed by atoms with Crippen LogP contribution in [0.2, 0.25) is 0 Å². The van der Waals surface area contributed by atoms with Gasteiger partial charge in [-0.05, 0) is 38.8 Å². The highest BCUT2D eigenvalue weighted by molar-refractivity contribution is 7.89. The molecule has 1 rings (SSSR count). The minimum atomic E-state index is -3.72. The standard InChI is InChI=1S/C14H19NO5S/c1-10(5-3-8-14(17)18)15-21(19,20)13-7-4-6-12(9-13)11(2)16/h4,6-7,9-10,15H,3,5,8H2,1-2H3,(H,17,18). The molecule has 21 heavy (non-hydrogen) atoms. The van der Waals surface area contributed by atoms with E-state index < -0.39 is 16.0 Å². The minimum Gasteiger partial charge on any atom is -0.481 e. The summed E-state index contributed by atoms with van der Waals surface area (Å²) in [5, 5.41) is 8.55. The Bertz CT molecular complexity index is 624. The number of sulfonamides is 1. The molecular weight excluding hydrogens is 294 g/mol. The summed E-state index contributed by atoms with van der Waals surface area (Å²) >= 11 is 0. The van der Waals surface area contributed by atoms with Crippen molar-refractivity contribution in [1.82, 2.24) is 4.72 Å². The highest BCUT2D eigenvalue weighted by Crippen LogP contribution is 2.13. The zero-order valence-corrected chi connectivity index (χ0v) is 12.8. The van der Waals surface area contributed by atoms with Crippen LogP contribution >= 0.6 is 0 Å². The highest BCUT2D eigenvalue weighted by Gasteiger charge is 2.18. The van der Waals surface area contributed by atoms with Crippen molar-refractivity contribution in [2.75, 3.05) is 0 Å². The van der Waals surface area contributed by atoms with Gasteiger partial charge in [-0.1, -0.05) is 12.1 Å². The third kappa shape index (κ3) is 5.65. The smallest absolute Gasteiger partial charge is 0.303 e. The van der Waals surface area contributed by atoms with Gasteiger partial charge in [0.05, 0.1) is 4.90 Å². The Morgan fingerprint density at radius 2 is 2.00 bits per heavy atom. The summed E-state index contributed by atoms with van der Waals surface area (Å²) in [6.45, 7) is 3.04. The Morgan fingerprint density at radius 1 is 1.33 bits per heavy atom. The van der Waals surface area contributed by atoms with Crippen LogP contribution in [0.4, 0.5) is 0 Å². The lowest BCUT2D eigenvalue weighted by molar-refractivity contribution is -0.137. The van der Waals surface area contributed by atoms with Crippen LogP contribution in [-0.2, 0) is 14.8 Å². The fourth-order valence-corrected chi connectivity index (χ4v) is 3.16. The molecule has 1 atom stereocenters. The molecule has 0 aliphatic rings. The molecule has 2 N–H and O–H groups in total. The van der Waals surface area contributed by atoms with Gasteiger partial charge in [0.2, 0.25) is 10.0 Å². The first kappa shape index (κ1) is 17.3. The molecular formula is C14H19NO5S. The number of carbonyl (C=O) groups is 2. The zero-order valence-electron chi connectivity index (χ0n) is 12.0. The van der Waals surface area contributed by atoms with Crippen molar-refractivity contribution < 1.29 is 23.1 Å². The number of carboxylic acid groups (broad SMARTS) is 1. The molecule has 0 saturated heterocycles. The predicted octanol–water partition coefficient (Wildman–Crippen LogP) is 1.81. The van der Waals surface area contributed by atoms with Crippen molar-refractivity contribution >= 4 is 21.8 Å². The average Bonchev–Trinajstić information content (AvgIpc) is 2.37. The summed E-state index contributed by atoms with van der Waals surface area (Å²) in [6, 6.07) is 5.43. The summed E-state index contributed by atoms with van der Waals surface area (Å²) in [7, 11) is -3.72. The SMILES string of the molecule is CC(=O)c1cccc(S(=O)(=O)NC(C)CCCC(=O)O)c1. The fourth-order valence-electron chi connectivity index (χ4n) is 1.83. The van der Waals surface area contributed by atoms with E-state index in [0.29, 0.717) is 18.4 Å². The number of benzene rings is 1. The van der Waals surface area contributed by atoms with Crippen molar-refractivity contribution in [2.45, 2.75) is 44.0 Å².